The van der Waals surface area contributed by atoms with Gasteiger partial charge in [0.1, 0.15) is 0 Å². The molecule has 0 aliphatic heterocycles. The Labute approximate surface area is 118 Å². The maximum absolute atomic E-state index is 11.9. The number of anilines is 1. The number of nitro benzene ring substituents is 1. The molecule has 0 aliphatic rings. The molecule has 110 valence electrons. The number of carboxylic acids is 1. The molecule has 0 saturated heterocycles. The van der Waals surface area contributed by atoms with Gasteiger partial charge in [-0.2, -0.15) is 8.42 Å². The van der Waals surface area contributed by atoms with Crippen molar-refractivity contribution in [3.05, 3.63) is 52.3 Å². The monoisotopic (exact) mass is 312 g/mol. The summed E-state index contributed by atoms with van der Waals surface area (Å²) in [6.45, 7) is 0. The topological polar surface area (TPSA) is 140 Å². The summed E-state index contributed by atoms with van der Waals surface area (Å²) in [6.07, 6.45) is 0. The summed E-state index contributed by atoms with van der Waals surface area (Å²) in [4.78, 5) is 20.5. The third-order valence-electron chi connectivity index (χ3n) is 2.39. The van der Waals surface area contributed by atoms with Gasteiger partial charge >= 0.3 is 5.97 Å². The molecular formula is C11H8N2O7S. The lowest BCUT2D eigenvalue weighted by atomic mass is 10.3. The van der Waals surface area contributed by atoms with Crippen LogP contribution in [0.3, 0.4) is 0 Å². The van der Waals surface area contributed by atoms with E-state index in [1.807, 2.05) is 0 Å². The minimum Gasteiger partial charge on any atom is -0.475 e. The van der Waals surface area contributed by atoms with Gasteiger partial charge in [-0.15, -0.1) is 0 Å². The Hall–Kier alpha value is -2.88. The van der Waals surface area contributed by atoms with Crippen LogP contribution in [0.4, 0.5) is 11.4 Å². The Balaban J connectivity index is 2.24. The highest BCUT2D eigenvalue weighted by Crippen LogP contribution is 2.20. The normalized spacial score (nSPS) is 11.0. The van der Waals surface area contributed by atoms with Crippen LogP contribution >= 0.6 is 0 Å². The predicted molar refractivity (Wildman–Crippen MR) is 69.6 cm³/mol. The number of non-ortho nitro benzene ring substituents is 1. The molecule has 0 spiro atoms. The van der Waals surface area contributed by atoms with Crippen LogP contribution in [-0.4, -0.2) is 24.4 Å². The zero-order chi connectivity index (χ0) is 15.6. The minimum absolute atomic E-state index is 0.0777. The second-order valence-corrected chi connectivity index (χ2v) is 5.45. The molecule has 0 saturated carbocycles. The van der Waals surface area contributed by atoms with E-state index >= 15 is 0 Å². The van der Waals surface area contributed by atoms with Gasteiger partial charge in [-0.1, -0.05) is 0 Å². The van der Waals surface area contributed by atoms with Crippen LogP contribution in [0.15, 0.2) is 45.9 Å². The molecule has 1 heterocycles. The van der Waals surface area contributed by atoms with Crippen LogP contribution < -0.4 is 4.72 Å². The van der Waals surface area contributed by atoms with E-state index in [-0.39, 0.29) is 11.4 Å². The van der Waals surface area contributed by atoms with Gasteiger partial charge < -0.3 is 9.52 Å². The smallest absolute Gasteiger partial charge is 0.371 e. The average Bonchev–Trinajstić information content (AvgIpc) is 2.89. The maximum Gasteiger partial charge on any atom is 0.371 e. The van der Waals surface area contributed by atoms with E-state index in [2.05, 4.69) is 9.14 Å². The van der Waals surface area contributed by atoms with E-state index in [9.17, 15) is 23.3 Å². The molecule has 2 aromatic rings. The van der Waals surface area contributed by atoms with Gasteiger partial charge in [0.25, 0.3) is 15.7 Å². The molecule has 0 unspecified atom stereocenters. The number of furan rings is 1. The standard InChI is InChI=1S/C11H8N2O7S/c14-11(15)9-5-6-10(20-9)21(18,19)12-7-1-3-8(4-2-7)13(16)17/h1-6,12H,(H,14,15). The van der Waals surface area contributed by atoms with E-state index in [1.54, 1.807) is 0 Å². The van der Waals surface area contributed by atoms with Gasteiger partial charge in [-0.3, -0.25) is 14.8 Å². The van der Waals surface area contributed by atoms with Crippen molar-refractivity contribution in [2.24, 2.45) is 0 Å². The molecule has 2 N–H and O–H groups in total. The first-order chi connectivity index (χ1) is 9.79. The largest absolute Gasteiger partial charge is 0.475 e. The number of benzene rings is 1. The summed E-state index contributed by atoms with van der Waals surface area (Å²) in [5.41, 5.74) is -0.113. The van der Waals surface area contributed by atoms with E-state index < -0.39 is 31.8 Å². The highest BCUT2D eigenvalue weighted by Gasteiger charge is 2.21. The first-order valence-corrected chi connectivity index (χ1v) is 6.88. The third kappa shape index (κ3) is 3.17. The van der Waals surface area contributed by atoms with Crippen molar-refractivity contribution in [1.29, 1.82) is 0 Å². The van der Waals surface area contributed by atoms with Crippen molar-refractivity contribution in [2.75, 3.05) is 4.72 Å². The molecule has 0 aliphatic carbocycles. The van der Waals surface area contributed by atoms with Crippen LogP contribution in [0, 0.1) is 10.1 Å². The number of nitrogens with one attached hydrogen (secondary N) is 1. The van der Waals surface area contributed by atoms with Crippen molar-refractivity contribution < 1.29 is 27.7 Å². The summed E-state index contributed by atoms with van der Waals surface area (Å²) < 4.78 is 30.7. The number of nitro groups is 1. The fourth-order valence-electron chi connectivity index (χ4n) is 1.44. The summed E-state index contributed by atoms with van der Waals surface area (Å²) in [6, 6.07) is 6.67. The molecule has 9 nitrogen and oxygen atoms in total. The number of aromatic carboxylic acids is 1. The second-order valence-electron chi connectivity index (χ2n) is 3.83. The number of sulfonamides is 1. The van der Waals surface area contributed by atoms with Crippen LogP contribution in [0.2, 0.25) is 0 Å². The zero-order valence-corrected chi connectivity index (χ0v) is 11.0. The van der Waals surface area contributed by atoms with Crippen molar-refractivity contribution in [1.82, 2.24) is 0 Å². The van der Waals surface area contributed by atoms with E-state index in [0.29, 0.717) is 0 Å². The fraction of sp³-hybridized carbons (Fsp3) is 0. The molecule has 10 heteroatoms. The molecule has 0 bridgehead atoms. The number of hydrogen-bond acceptors (Lipinski definition) is 6. The molecule has 0 amide bonds. The number of rotatable bonds is 5. The number of carboxylic acid groups (broad SMARTS) is 1. The fourth-order valence-corrected chi connectivity index (χ4v) is 2.43. The summed E-state index contributed by atoms with van der Waals surface area (Å²) in [5, 5.41) is 18.6. The molecule has 1 aromatic heterocycles. The van der Waals surface area contributed by atoms with E-state index in [1.165, 1.54) is 12.1 Å². The Kier molecular flexibility index (Phi) is 3.63. The van der Waals surface area contributed by atoms with Gasteiger partial charge in [-0.25, -0.2) is 4.79 Å². The molecule has 2 rings (SSSR count). The first-order valence-electron chi connectivity index (χ1n) is 5.40. The van der Waals surface area contributed by atoms with Crippen molar-refractivity contribution in [2.45, 2.75) is 5.09 Å². The van der Waals surface area contributed by atoms with Gasteiger partial charge in [0.2, 0.25) is 10.9 Å². The number of carbonyl (C=O) groups is 1. The van der Waals surface area contributed by atoms with Gasteiger partial charge in [-0.05, 0) is 24.3 Å². The zero-order valence-electron chi connectivity index (χ0n) is 10.2. The summed E-state index contributed by atoms with van der Waals surface area (Å²) >= 11 is 0. The van der Waals surface area contributed by atoms with Gasteiger partial charge in [0.05, 0.1) is 4.92 Å². The molecule has 0 fully saturated rings. The molecule has 21 heavy (non-hydrogen) atoms. The van der Waals surface area contributed by atoms with Crippen LogP contribution in [0.25, 0.3) is 0 Å². The third-order valence-corrected chi connectivity index (χ3v) is 3.64. The SMILES string of the molecule is O=C(O)c1ccc(S(=O)(=O)Nc2ccc([N+](=O)[O-])cc2)o1. The molecule has 0 atom stereocenters. The lowest BCUT2D eigenvalue weighted by Gasteiger charge is -2.04. The molecule has 1 aromatic carbocycles. The summed E-state index contributed by atoms with van der Waals surface area (Å²) in [7, 11) is -4.11. The molecular weight excluding hydrogens is 304 g/mol. The maximum atomic E-state index is 11.9. The van der Waals surface area contributed by atoms with Crippen molar-refractivity contribution >= 4 is 27.4 Å². The van der Waals surface area contributed by atoms with Crippen molar-refractivity contribution in [3.8, 4) is 0 Å². The van der Waals surface area contributed by atoms with E-state index in [0.717, 1.165) is 24.3 Å². The lowest BCUT2D eigenvalue weighted by molar-refractivity contribution is -0.384. The average molecular weight is 312 g/mol. The molecule has 0 radical (unpaired) electrons. The van der Waals surface area contributed by atoms with Gasteiger partial charge in [0, 0.05) is 17.8 Å². The summed E-state index contributed by atoms with van der Waals surface area (Å²) in [5.74, 6) is -1.91. The Morgan fingerprint density at radius 3 is 2.29 bits per heavy atom. The predicted octanol–water partition coefficient (Wildman–Crippen LogP) is 1.69. The first kappa shape index (κ1) is 14.5. The number of nitrogens with zero attached hydrogens (tertiary/aromatic N) is 1. The van der Waals surface area contributed by atoms with Crippen LogP contribution in [0.1, 0.15) is 10.6 Å². The van der Waals surface area contributed by atoms with Gasteiger partial charge in [0.15, 0.2) is 0 Å². The van der Waals surface area contributed by atoms with Crippen molar-refractivity contribution in [3.63, 3.8) is 0 Å². The van der Waals surface area contributed by atoms with E-state index in [4.69, 9.17) is 5.11 Å². The number of hydrogen-bond donors (Lipinski definition) is 2. The minimum atomic E-state index is -4.11. The van der Waals surface area contributed by atoms with Crippen LogP contribution in [0.5, 0.6) is 0 Å². The highest BCUT2D eigenvalue weighted by atomic mass is 32.2. The Morgan fingerprint density at radius 1 is 1.19 bits per heavy atom. The Morgan fingerprint density at radius 2 is 1.81 bits per heavy atom. The second kappa shape index (κ2) is 5.25. The highest BCUT2D eigenvalue weighted by molar-refractivity contribution is 7.92. The van der Waals surface area contributed by atoms with Crippen LogP contribution in [-0.2, 0) is 10.0 Å². The lowest BCUT2D eigenvalue weighted by Crippen LogP contribution is -2.12. The quantitative estimate of drug-likeness (QED) is 0.632. The Bertz CT molecular complexity index is 792.